The zero-order valence-corrected chi connectivity index (χ0v) is 12.3. The lowest BCUT2D eigenvalue weighted by Gasteiger charge is -2.07. The lowest BCUT2D eigenvalue weighted by Crippen LogP contribution is -2.01. The predicted octanol–water partition coefficient (Wildman–Crippen LogP) is 3.82. The minimum atomic E-state index is -0.705. The molecular weight excluding hydrogens is 376 g/mol. The summed E-state index contributed by atoms with van der Waals surface area (Å²) in [4.78, 5) is 4.09. The third-order valence-electron chi connectivity index (χ3n) is 2.19. The van der Waals surface area contributed by atoms with Crippen molar-refractivity contribution in [2.24, 2.45) is 0 Å². The zero-order chi connectivity index (χ0) is 12.4. The molecule has 6 heteroatoms. The van der Waals surface area contributed by atoms with Crippen LogP contribution < -0.4 is 0 Å². The monoisotopic (exact) mass is 383 g/mol. The first kappa shape index (κ1) is 13.2. The highest BCUT2D eigenvalue weighted by Crippen LogP contribution is 2.25. The molecule has 0 saturated carbocycles. The van der Waals surface area contributed by atoms with Crippen molar-refractivity contribution in [1.82, 2.24) is 4.98 Å². The van der Waals surface area contributed by atoms with Gasteiger partial charge in [0.25, 0.3) is 0 Å². The van der Waals surface area contributed by atoms with Crippen LogP contribution in [0.3, 0.4) is 0 Å². The van der Waals surface area contributed by atoms with Gasteiger partial charge in [0.05, 0.1) is 14.1 Å². The Hall–Kier alpha value is -0.240. The summed E-state index contributed by atoms with van der Waals surface area (Å²) in [5, 5.41) is 10.7. The molecule has 0 spiro atoms. The molecule has 0 radical (unpaired) electrons. The number of thiazole rings is 1. The number of aliphatic hydroxyl groups is 1. The van der Waals surface area contributed by atoms with Gasteiger partial charge in [0.2, 0.25) is 0 Å². The highest BCUT2D eigenvalue weighted by atomic mass is 127. The summed E-state index contributed by atoms with van der Waals surface area (Å²) >= 11 is 9.16. The van der Waals surface area contributed by atoms with Gasteiger partial charge in [-0.25, -0.2) is 9.37 Å². The van der Waals surface area contributed by atoms with Crippen LogP contribution in [0.5, 0.6) is 0 Å². The zero-order valence-electron chi connectivity index (χ0n) is 8.53. The molecule has 2 nitrogen and oxygen atoms in total. The van der Waals surface area contributed by atoms with Gasteiger partial charge >= 0.3 is 0 Å². The molecule has 1 N–H and O–H groups in total. The van der Waals surface area contributed by atoms with E-state index >= 15 is 0 Å². The second-order valence-corrected chi connectivity index (χ2v) is 6.83. The minimum absolute atomic E-state index is 0.0898. The van der Waals surface area contributed by atoms with Crippen molar-refractivity contribution in [1.29, 1.82) is 0 Å². The maximum atomic E-state index is 13.2. The summed E-state index contributed by atoms with van der Waals surface area (Å²) in [6, 6.07) is 4.53. The van der Waals surface area contributed by atoms with E-state index in [2.05, 4.69) is 27.6 Å². The number of halogens is 3. The summed E-state index contributed by atoms with van der Waals surface area (Å²) in [5.41, 5.74) is 0.699. The number of nitrogens with zero attached hydrogens (tertiary/aromatic N) is 1. The SMILES string of the molecule is OC(Cc1ccc(Cl)c(F)c1)c1ncc(I)s1. The van der Waals surface area contributed by atoms with E-state index in [1.54, 1.807) is 12.3 Å². The van der Waals surface area contributed by atoms with Gasteiger partial charge in [0.15, 0.2) is 0 Å². The van der Waals surface area contributed by atoms with Crippen molar-refractivity contribution < 1.29 is 9.50 Å². The van der Waals surface area contributed by atoms with Crippen LogP contribution in [-0.4, -0.2) is 10.1 Å². The topological polar surface area (TPSA) is 33.1 Å². The third-order valence-corrected chi connectivity index (χ3v) is 4.33. The second-order valence-electron chi connectivity index (χ2n) is 3.47. The summed E-state index contributed by atoms with van der Waals surface area (Å²) in [6.45, 7) is 0. The van der Waals surface area contributed by atoms with E-state index in [9.17, 15) is 9.50 Å². The van der Waals surface area contributed by atoms with E-state index in [1.807, 2.05) is 0 Å². The fraction of sp³-hybridized carbons (Fsp3) is 0.182. The molecule has 0 bridgehead atoms. The van der Waals surface area contributed by atoms with Crippen molar-refractivity contribution in [3.8, 4) is 0 Å². The Labute approximate surface area is 121 Å². The summed E-state index contributed by atoms with van der Waals surface area (Å²) in [7, 11) is 0. The van der Waals surface area contributed by atoms with Crippen LogP contribution in [0, 0.1) is 8.70 Å². The Kier molecular flexibility index (Phi) is 4.35. The van der Waals surface area contributed by atoms with E-state index in [1.165, 1.54) is 23.5 Å². The Morgan fingerprint density at radius 3 is 2.88 bits per heavy atom. The molecule has 2 rings (SSSR count). The molecule has 1 unspecified atom stereocenters. The largest absolute Gasteiger partial charge is 0.386 e. The first-order valence-electron chi connectivity index (χ1n) is 4.79. The minimum Gasteiger partial charge on any atom is -0.386 e. The fourth-order valence-corrected chi connectivity index (χ4v) is 2.96. The van der Waals surface area contributed by atoms with Crippen molar-refractivity contribution in [2.75, 3.05) is 0 Å². The van der Waals surface area contributed by atoms with Crippen molar-refractivity contribution >= 4 is 45.5 Å². The molecule has 0 aliphatic heterocycles. The second kappa shape index (κ2) is 5.60. The molecule has 0 saturated heterocycles. The van der Waals surface area contributed by atoms with Crippen LogP contribution in [0.2, 0.25) is 5.02 Å². The van der Waals surface area contributed by atoms with E-state index < -0.39 is 11.9 Å². The Morgan fingerprint density at radius 2 is 2.29 bits per heavy atom. The third kappa shape index (κ3) is 3.37. The van der Waals surface area contributed by atoms with Gasteiger partial charge in [-0.3, -0.25) is 0 Å². The van der Waals surface area contributed by atoms with Crippen LogP contribution in [-0.2, 0) is 6.42 Å². The molecule has 90 valence electrons. The summed E-state index contributed by atoms with van der Waals surface area (Å²) < 4.78 is 14.2. The van der Waals surface area contributed by atoms with Crippen molar-refractivity contribution in [3.63, 3.8) is 0 Å². The van der Waals surface area contributed by atoms with Crippen molar-refractivity contribution in [3.05, 3.63) is 48.7 Å². The van der Waals surface area contributed by atoms with E-state index in [0.29, 0.717) is 17.0 Å². The fourth-order valence-electron chi connectivity index (χ4n) is 1.40. The number of hydrogen-bond acceptors (Lipinski definition) is 3. The molecule has 0 amide bonds. The van der Waals surface area contributed by atoms with Gasteiger partial charge in [-0.05, 0) is 40.3 Å². The maximum absolute atomic E-state index is 13.2. The Balaban J connectivity index is 2.12. The maximum Gasteiger partial charge on any atom is 0.142 e. The quantitative estimate of drug-likeness (QED) is 0.818. The molecule has 1 aromatic carbocycles. The van der Waals surface area contributed by atoms with Gasteiger partial charge in [-0.1, -0.05) is 17.7 Å². The van der Waals surface area contributed by atoms with Gasteiger partial charge in [-0.15, -0.1) is 11.3 Å². The smallest absolute Gasteiger partial charge is 0.142 e. The van der Waals surface area contributed by atoms with Crippen LogP contribution in [0.1, 0.15) is 16.7 Å². The van der Waals surface area contributed by atoms with Gasteiger partial charge in [0, 0.05) is 6.42 Å². The molecule has 1 heterocycles. The van der Waals surface area contributed by atoms with E-state index in [-0.39, 0.29) is 5.02 Å². The van der Waals surface area contributed by atoms with Gasteiger partial charge < -0.3 is 5.11 Å². The molecule has 0 aliphatic rings. The molecule has 0 aliphatic carbocycles. The molecular formula is C11H8ClFINOS. The molecule has 1 atom stereocenters. The number of aromatic nitrogens is 1. The molecule has 17 heavy (non-hydrogen) atoms. The Bertz CT molecular complexity index is 534. The lowest BCUT2D eigenvalue weighted by atomic mass is 10.1. The summed E-state index contributed by atoms with van der Waals surface area (Å²) in [5.74, 6) is -0.468. The Morgan fingerprint density at radius 1 is 1.53 bits per heavy atom. The lowest BCUT2D eigenvalue weighted by molar-refractivity contribution is 0.178. The normalized spacial score (nSPS) is 12.7. The standard InChI is InChI=1S/C11H8ClFINOS/c12-7-2-1-6(3-8(7)13)4-9(16)11-15-5-10(14)17-11/h1-3,5,9,16H,4H2. The first-order chi connectivity index (χ1) is 8.06. The highest BCUT2D eigenvalue weighted by Gasteiger charge is 2.13. The van der Waals surface area contributed by atoms with Gasteiger partial charge in [0.1, 0.15) is 16.9 Å². The van der Waals surface area contributed by atoms with Crippen molar-refractivity contribution in [2.45, 2.75) is 12.5 Å². The average Bonchev–Trinajstić information content (AvgIpc) is 2.70. The highest BCUT2D eigenvalue weighted by molar-refractivity contribution is 14.1. The van der Waals surface area contributed by atoms with Crippen LogP contribution in [0.15, 0.2) is 24.4 Å². The number of hydrogen-bond donors (Lipinski definition) is 1. The van der Waals surface area contributed by atoms with Crippen LogP contribution in [0.25, 0.3) is 0 Å². The van der Waals surface area contributed by atoms with Crippen LogP contribution in [0.4, 0.5) is 4.39 Å². The molecule has 1 aromatic heterocycles. The van der Waals surface area contributed by atoms with E-state index in [4.69, 9.17) is 11.6 Å². The molecule has 0 fully saturated rings. The average molecular weight is 384 g/mol. The molecule has 2 aromatic rings. The number of rotatable bonds is 3. The number of aliphatic hydroxyl groups excluding tert-OH is 1. The summed E-state index contributed by atoms with van der Waals surface area (Å²) in [6.07, 6.45) is 1.33. The van der Waals surface area contributed by atoms with Crippen LogP contribution >= 0.6 is 45.5 Å². The first-order valence-corrected chi connectivity index (χ1v) is 7.07. The predicted molar refractivity (Wildman–Crippen MR) is 74.9 cm³/mol. The van der Waals surface area contributed by atoms with Gasteiger partial charge in [-0.2, -0.15) is 0 Å². The van der Waals surface area contributed by atoms with E-state index in [0.717, 1.165) is 2.88 Å². The number of benzene rings is 1.